The number of rotatable bonds is 10. The minimum Gasteiger partial charge on any atom is -0.493 e. The number of esters is 1. The highest BCUT2D eigenvalue weighted by molar-refractivity contribution is 5.96. The lowest BCUT2D eigenvalue weighted by Crippen LogP contribution is -2.37. The van der Waals surface area contributed by atoms with E-state index in [-0.39, 0.29) is 12.1 Å². The summed E-state index contributed by atoms with van der Waals surface area (Å²) in [6, 6.07) is 10.7. The molecule has 180 valence electrons. The number of likely N-dealkylation sites (N-methyl/N-ethyl adjacent to an activating group) is 1. The Morgan fingerprint density at radius 1 is 1.24 bits per heavy atom. The number of nitrogens with zero attached hydrogens (tertiary/aromatic N) is 3. The quantitative estimate of drug-likeness (QED) is 0.467. The van der Waals surface area contributed by atoms with E-state index in [0.29, 0.717) is 17.5 Å². The molecule has 6 nitrogen and oxygen atoms in total. The van der Waals surface area contributed by atoms with Gasteiger partial charge in [0.1, 0.15) is 17.1 Å². The average Bonchev–Trinajstić information content (AvgIpc) is 3.25. The summed E-state index contributed by atoms with van der Waals surface area (Å²) in [5.74, 6) is 1.88. The smallest absolute Gasteiger partial charge is 0.342 e. The minimum absolute atomic E-state index is 0.160. The van der Waals surface area contributed by atoms with Gasteiger partial charge in [0.15, 0.2) is 0 Å². The zero-order valence-corrected chi connectivity index (χ0v) is 21.0. The highest BCUT2D eigenvalue weighted by Gasteiger charge is 2.31. The van der Waals surface area contributed by atoms with Crippen LogP contribution in [0.25, 0.3) is 0 Å². The molecule has 0 N–H and O–H groups in total. The molecule has 1 aromatic heterocycles. The van der Waals surface area contributed by atoms with Gasteiger partial charge in [-0.05, 0) is 69.0 Å². The number of benzene rings is 1. The Hall–Kier alpha value is -2.60. The maximum absolute atomic E-state index is 12.8. The van der Waals surface area contributed by atoms with Crippen LogP contribution in [0.5, 0.6) is 5.75 Å². The number of carbonyl (C=O) groups excluding carboxylic acids is 1. The minimum atomic E-state index is -0.292. The number of hydrogen-bond acceptors (Lipinski definition) is 6. The molecule has 0 spiro atoms. The predicted molar refractivity (Wildman–Crippen MR) is 133 cm³/mol. The molecule has 0 radical (unpaired) electrons. The van der Waals surface area contributed by atoms with Crippen molar-refractivity contribution in [3.05, 3.63) is 53.2 Å². The third-order valence-electron chi connectivity index (χ3n) is 5.94. The van der Waals surface area contributed by atoms with Crippen molar-refractivity contribution in [1.29, 1.82) is 0 Å². The molecule has 33 heavy (non-hydrogen) atoms. The third-order valence-corrected chi connectivity index (χ3v) is 5.94. The molecule has 0 unspecified atom stereocenters. The van der Waals surface area contributed by atoms with Crippen molar-refractivity contribution in [2.45, 2.75) is 66.7 Å². The van der Waals surface area contributed by atoms with Crippen molar-refractivity contribution in [2.75, 3.05) is 31.1 Å². The fourth-order valence-corrected chi connectivity index (χ4v) is 4.27. The van der Waals surface area contributed by atoms with E-state index < -0.39 is 0 Å². The van der Waals surface area contributed by atoms with Crippen LogP contribution in [0.3, 0.4) is 0 Å². The first-order valence-corrected chi connectivity index (χ1v) is 12.2. The van der Waals surface area contributed by atoms with E-state index in [9.17, 15) is 4.79 Å². The van der Waals surface area contributed by atoms with Crippen LogP contribution >= 0.6 is 0 Å². The highest BCUT2D eigenvalue weighted by Crippen LogP contribution is 2.28. The fourth-order valence-electron chi connectivity index (χ4n) is 4.27. The van der Waals surface area contributed by atoms with Crippen LogP contribution in [0.15, 0.2) is 36.5 Å². The van der Waals surface area contributed by atoms with Gasteiger partial charge in [-0.3, -0.25) is 4.90 Å². The molecule has 2 aromatic rings. The van der Waals surface area contributed by atoms with E-state index in [4.69, 9.17) is 9.47 Å². The van der Waals surface area contributed by atoms with Crippen LogP contribution in [0.4, 0.5) is 5.82 Å². The highest BCUT2D eigenvalue weighted by atomic mass is 16.5. The third kappa shape index (κ3) is 6.70. The second-order valence-electron chi connectivity index (χ2n) is 9.58. The van der Waals surface area contributed by atoms with Crippen molar-refractivity contribution >= 4 is 11.8 Å². The van der Waals surface area contributed by atoms with Crippen LogP contribution in [0.2, 0.25) is 0 Å². The monoisotopic (exact) mass is 453 g/mol. The molecule has 1 fully saturated rings. The summed E-state index contributed by atoms with van der Waals surface area (Å²) in [4.78, 5) is 22.1. The molecule has 0 aliphatic carbocycles. The summed E-state index contributed by atoms with van der Waals surface area (Å²) in [6.45, 7) is 16.5. The van der Waals surface area contributed by atoms with Gasteiger partial charge in [0, 0.05) is 31.9 Å². The van der Waals surface area contributed by atoms with Gasteiger partial charge in [0.05, 0.1) is 12.7 Å². The van der Waals surface area contributed by atoms with Crippen LogP contribution in [-0.4, -0.2) is 54.2 Å². The molecule has 1 saturated heterocycles. The average molecular weight is 454 g/mol. The first kappa shape index (κ1) is 25.0. The summed E-state index contributed by atoms with van der Waals surface area (Å²) in [7, 11) is 0. The van der Waals surface area contributed by atoms with Crippen LogP contribution < -0.4 is 9.64 Å². The summed E-state index contributed by atoms with van der Waals surface area (Å²) < 4.78 is 11.4. The van der Waals surface area contributed by atoms with Gasteiger partial charge in [-0.25, -0.2) is 9.78 Å². The number of ether oxygens (including phenoxy) is 2. The fraction of sp³-hybridized carbons (Fsp3) is 0.556. The summed E-state index contributed by atoms with van der Waals surface area (Å²) in [5.41, 5.74) is 2.75. The second-order valence-corrected chi connectivity index (χ2v) is 9.58. The first-order valence-electron chi connectivity index (χ1n) is 12.2. The molecule has 3 rings (SSSR count). The molecular weight excluding hydrogens is 414 g/mol. The van der Waals surface area contributed by atoms with Crippen molar-refractivity contribution in [2.24, 2.45) is 5.92 Å². The van der Waals surface area contributed by atoms with Crippen molar-refractivity contribution < 1.29 is 14.3 Å². The molecule has 2 heterocycles. The molecule has 1 aliphatic heterocycles. The Balaban J connectivity index is 1.71. The molecule has 1 aliphatic rings. The lowest BCUT2D eigenvalue weighted by Gasteiger charge is -2.28. The number of hydrogen-bond donors (Lipinski definition) is 0. The van der Waals surface area contributed by atoms with E-state index in [2.05, 4.69) is 53.8 Å². The second kappa shape index (κ2) is 11.5. The Labute approximate surface area is 198 Å². The van der Waals surface area contributed by atoms with Gasteiger partial charge >= 0.3 is 5.97 Å². The van der Waals surface area contributed by atoms with Gasteiger partial charge in [-0.1, -0.05) is 32.9 Å². The first-order chi connectivity index (χ1) is 15.8. The normalized spacial score (nSPS) is 16.2. The summed E-state index contributed by atoms with van der Waals surface area (Å²) in [5, 5.41) is 0. The number of anilines is 1. The SMILES string of the molecule is CCN(Cc1cccc(OCC(C)C)c1)[C@@H]1CCN(c2nccc(C)c2C(=O)OC(C)C)C1. The number of aryl methyl sites for hydroxylation is 1. The van der Waals surface area contributed by atoms with Crippen molar-refractivity contribution in [3.8, 4) is 5.75 Å². The molecule has 0 saturated carbocycles. The Morgan fingerprint density at radius 2 is 2.03 bits per heavy atom. The number of pyridine rings is 1. The van der Waals surface area contributed by atoms with Crippen LogP contribution in [-0.2, 0) is 11.3 Å². The lowest BCUT2D eigenvalue weighted by atomic mass is 10.1. The van der Waals surface area contributed by atoms with Crippen LogP contribution in [0.1, 0.15) is 62.5 Å². The lowest BCUT2D eigenvalue weighted by molar-refractivity contribution is 0.0377. The van der Waals surface area contributed by atoms with Crippen molar-refractivity contribution in [1.82, 2.24) is 9.88 Å². The van der Waals surface area contributed by atoms with Crippen LogP contribution in [0, 0.1) is 12.8 Å². The summed E-state index contributed by atoms with van der Waals surface area (Å²) >= 11 is 0. The zero-order chi connectivity index (χ0) is 24.0. The molecule has 1 aromatic carbocycles. The van der Waals surface area contributed by atoms with Gasteiger partial charge < -0.3 is 14.4 Å². The molecule has 6 heteroatoms. The van der Waals surface area contributed by atoms with Gasteiger partial charge in [-0.2, -0.15) is 0 Å². The van der Waals surface area contributed by atoms with E-state index in [1.807, 2.05) is 32.9 Å². The van der Waals surface area contributed by atoms with E-state index in [0.717, 1.165) is 56.3 Å². The Bertz CT molecular complexity index is 929. The standard InChI is InChI=1S/C27H39N3O3/c1-7-29(16-22-9-8-10-24(15-22)32-18-19(2)3)23-12-14-30(17-23)26-25(21(6)11-13-28-26)27(31)33-20(4)5/h8-11,13,15,19-20,23H,7,12,14,16-18H2,1-6H3/t23-/m1/s1. The Morgan fingerprint density at radius 3 is 2.73 bits per heavy atom. The van der Waals surface area contributed by atoms with E-state index in [1.165, 1.54) is 5.56 Å². The topological polar surface area (TPSA) is 54.9 Å². The Kier molecular flexibility index (Phi) is 8.73. The molecule has 0 bridgehead atoms. The van der Waals surface area contributed by atoms with Gasteiger partial charge in [-0.15, -0.1) is 0 Å². The molecule has 1 atom stereocenters. The zero-order valence-electron chi connectivity index (χ0n) is 21.0. The van der Waals surface area contributed by atoms with E-state index in [1.54, 1.807) is 6.20 Å². The maximum Gasteiger partial charge on any atom is 0.342 e. The van der Waals surface area contributed by atoms with E-state index >= 15 is 0 Å². The van der Waals surface area contributed by atoms with Gasteiger partial charge in [0.2, 0.25) is 0 Å². The van der Waals surface area contributed by atoms with Crippen molar-refractivity contribution in [3.63, 3.8) is 0 Å². The predicted octanol–water partition coefficient (Wildman–Crippen LogP) is 5.09. The molecule has 0 amide bonds. The number of aromatic nitrogens is 1. The number of carbonyl (C=O) groups is 1. The maximum atomic E-state index is 12.8. The molecular formula is C27H39N3O3. The summed E-state index contributed by atoms with van der Waals surface area (Å²) in [6.07, 6.45) is 2.66. The van der Waals surface area contributed by atoms with Gasteiger partial charge in [0.25, 0.3) is 0 Å². The largest absolute Gasteiger partial charge is 0.493 e.